The fraction of sp³-hybridized carbons (Fsp3) is 0.368. The summed E-state index contributed by atoms with van der Waals surface area (Å²) in [5.41, 5.74) is 9.96. The van der Waals surface area contributed by atoms with Gasteiger partial charge in [-0.1, -0.05) is 56.3 Å². The summed E-state index contributed by atoms with van der Waals surface area (Å²) in [6.07, 6.45) is 1.73. The molecule has 112 valence electrons. The van der Waals surface area contributed by atoms with Crippen LogP contribution in [0.4, 0.5) is 0 Å². The summed E-state index contributed by atoms with van der Waals surface area (Å²) in [5.74, 6) is 0.942. The molecule has 0 aromatic heterocycles. The maximum Gasteiger partial charge on any atom is 0.139 e. The van der Waals surface area contributed by atoms with Crippen molar-refractivity contribution in [3.05, 3.63) is 65.2 Å². The van der Waals surface area contributed by atoms with Crippen LogP contribution in [0.25, 0.3) is 0 Å². The SMILES string of the molecule is CCc1ccccc1OC(c1ccccc1C)C(N)CC. The Morgan fingerprint density at radius 3 is 2.33 bits per heavy atom. The second-order valence-corrected chi connectivity index (χ2v) is 5.43. The highest BCUT2D eigenvalue weighted by molar-refractivity contribution is 5.36. The molecule has 2 N–H and O–H groups in total. The Bertz CT molecular complexity index is 579. The second kappa shape index (κ2) is 7.28. The first kappa shape index (κ1) is 15.6. The van der Waals surface area contributed by atoms with Crippen molar-refractivity contribution in [2.24, 2.45) is 5.73 Å². The number of benzene rings is 2. The number of hydrogen-bond acceptors (Lipinski definition) is 2. The molecule has 21 heavy (non-hydrogen) atoms. The Morgan fingerprint density at radius 1 is 1.00 bits per heavy atom. The minimum Gasteiger partial charge on any atom is -0.484 e. The molecule has 2 unspecified atom stereocenters. The number of hydrogen-bond donors (Lipinski definition) is 1. The Morgan fingerprint density at radius 2 is 1.67 bits per heavy atom. The van der Waals surface area contributed by atoms with Crippen molar-refractivity contribution in [3.8, 4) is 5.75 Å². The van der Waals surface area contributed by atoms with Crippen molar-refractivity contribution in [1.82, 2.24) is 0 Å². The number of ether oxygens (including phenoxy) is 1. The van der Waals surface area contributed by atoms with E-state index in [4.69, 9.17) is 10.5 Å². The third kappa shape index (κ3) is 3.64. The smallest absolute Gasteiger partial charge is 0.139 e. The van der Waals surface area contributed by atoms with E-state index in [0.29, 0.717) is 0 Å². The van der Waals surface area contributed by atoms with Crippen molar-refractivity contribution >= 4 is 0 Å². The third-order valence-electron chi connectivity index (χ3n) is 3.96. The van der Waals surface area contributed by atoms with E-state index in [-0.39, 0.29) is 12.1 Å². The third-order valence-corrected chi connectivity index (χ3v) is 3.96. The lowest BCUT2D eigenvalue weighted by atomic mass is 9.96. The average molecular weight is 283 g/mol. The van der Waals surface area contributed by atoms with Gasteiger partial charge in [-0.3, -0.25) is 0 Å². The van der Waals surface area contributed by atoms with Crippen LogP contribution in [0, 0.1) is 6.92 Å². The number of rotatable bonds is 6. The van der Waals surface area contributed by atoms with Crippen LogP contribution < -0.4 is 10.5 Å². The van der Waals surface area contributed by atoms with E-state index in [1.54, 1.807) is 0 Å². The van der Waals surface area contributed by atoms with Gasteiger partial charge < -0.3 is 10.5 Å². The summed E-state index contributed by atoms with van der Waals surface area (Å²) >= 11 is 0. The van der Waals surface area contributed by atoms with E-state index in [0.717, 1.165) is 18.6 Å². The monoisotopic (exact) mass is 283 g/mol. The molecule has 2 rings (SSSR count). The van der Waals surface area contributed by atoms with Gasteiger partial charge in [0.1, 0.15) is 11.9 Å². The second-order valence-electron chi connectivity index (χ2n) is 5.43. The summed E-state index contributed by atoms with van der Waals surface area (Å²) < 4.78 is 6.33. The summed E-state index contributed by atoms with van der Waals surface area (Å²) in [5, 5.41) is 0. The fourth-order valence-electron chi connectivity index (χ4n) is 2.55. The van der Waals surface area contributed by atoms with Crippen LogP contribution >= 0.6 is 0 Å². The molecule has 0 fully saturated rings. The van der Waals surface area contributed by atoms with Crippen LogP contribution in [0.3, 0.4) is 0 Å². The first-order valence-electron chi connectivity index (χ1n) is 7.73. The molecule has 0 saturated carbocycles. The lowest BCUT2D eigenvalue weighted by Gasteiger charge is -2.27. The van der Waals surface area contributed by atoms with Crippen molar-refractivity contribution in [3.63, 3.8) is 0 Å². The lowest BCUT2D eigenvalue weighted by Crippen LogP contribution is -2.32. The minimum absolute atomic E-state index is 0.0176. The molecule has 0 aliphatic heterocycles. The molecule has 0 amide bonds. The van der Waals surface area contributed by atoms with E-state index >= 15 is 0 Å². The first-order chi connectivity index (χ1) is 10.2. The highest BCUT2D eigenvalue weighted by Gasteiger charge is 2.22. The van der Waals surface area contributed by atoms with Crippen LogP contribution in [-0.4, -0.2) is 6.04 Å². The summed E-state index contributed by atoms with van der Waals surface area (Å²) in [6, 6.07) is 16.5. The van der Waals surface area contributed by atoms with Gasteiger partial charge in [0.05, 0.1) is 0 Å². The topological polar surface area (TPSA) is 35.2 Å². The standard InChI is InChI=1S/C19H25NO/c1-4-15-11-7-9-13-18(15)21-19(17(20)5-2)16-12-8-6-10-14(16)3/h6-13,17,19H,4-5,20H2,1-3H3. The highest BCUT2D eigenvalue weighted by atomic mass is 16.5. The Balaban J connectivity index is 2.36. The van der Waals surface area contributed by atoms with Gasteiger partial charge >= 0.3 is 0 Å². The molecule has 2 heteroatoms. The Hall–Kier alpha value is -1.80. The molecule has 2 atom stereocenters. The van der Waals surface area contributed by atoms with E-state index in [2.05, 4.69) is 39.0 Å². The summed E-state index contributed by atoms with van der Waals surface area (Å²) in [4.78, 5) is 0. The van der Waals surface area contributed by atoms with Crippen LogP contribution in [0.15, 0.2) is 48.5 Å². The van der Waals surface area contributed by atoms with Crippen molar-refractivity contribution in [1.29, 1.82) is 0 Å². The van der Waals surface area contributed by atoms with Gasteiger partial charge in [-0.25, -0.2) is 0 Å². The van der Waals surface area contributed by atoms with E-state index in [9.17, 15) is 0 Å². The molecule has 0 aliphatic carbocycles. The number of aryl methyl sites for hydroxylation is 2. The largest absolute Gasteiger partial charge is 0.484 e. The molecule has 2 aromatic carbocycles. The minimum atomic E-state index is -0.108. The molecule has 0 aliphatic rings. The normalized spacial score (nSPS) is 13.7. The lowest BCUT2D eigenvalue weighted by molar-refractivity contribution is 0.169. The van der Waals surface area contributed by atoms with Gasteiger partial charge in [0, 0.05) is 6.04 Å². The zero-order chi connectivity index (χ0) is 15.2. The van der Waals surface area contributed by atoms with Crippen molar-refractivity contribution < 1.29 is 4.74 Å². The van der Waals surface area contributed by atoms with Crippen LogP contribution in [0.1, 0.15) is 43.1 Å². The predicted molar refractivity (Wildman–Crippen MR) is 88.6 cm³/mol. The van der Waals surface area contributed by atoms with E-state index in [1.165, 1.54) is 16.7 Å². The van der Waals surface area contributed by atoms with Crippen LogP contribution in [-0.2, 0) is 6.42 Å². The van der Waals surface area contributed by atoms with E-state index in [1.807, 2.05) is 30.3 Å². The van der Waals surface area contributed by atoms with E-state index < -0.39 is 0 Å². The van der Waals surface area contributed by atoms with Gasteiger partial charge in [0.15, 0.2) is 0 Å². The van der Waals surface area contributed by atoms with Gasteiger partial charge in [0.2, 0.25) is 0 Å². The van der Waals surface area contributed by atoms with Gasteiger partial charge in [-0.05, 0) is 42.5 Å². The fourth-order valence-corrected chi connectivity index (χ4v) is 2.55. The summed E-state index contributed by atoms with van der Waals surface area (Å²) in [6.45, 7) is 6.36. The van der Waals surface area contributed by atoms with Gasteiger partial charge in [-0.15, -0.1) is 0 Å². The molecule has 2 aromatic rings. The number of para-hydroxylation sites is 1. The first-order valence-corrected chi connectivity index (χ1v) is 7.73. The molecule has 0 saturated heterocycles. The Labute approximate surface area is 127 Å². The van der Waals surface area contributed by atoms with Crippen LogP contribution in [0.5, 0.6) is 5.75 Å². The maximum absolute atomic E-state index is 6.33. The average Bonchev–Trinajstić information content (AvgIpc) is 2.53. The molecule has 0 bridgehead atoms. The highest BCUT2D eigenvalue weighted by Crippen LogP contribution is 2.29. The maximum atomic E-state index is 6.33. The molecule has 0 spiro atoms. The van der Waals surface area contributed by atoms with Gasteiger partial charge in [-0.2, -0.15) is 0 Å². The van der Waals surface area contributed by atoms with Gasteiger partial charge in [0.25, 0.3) is 0 Å². The predicted octanol–water partition coefficient (Wildman–Crippen LogP) is 4.41. The Kier molecular flexibility index (Phi) is 5.40. The number of nitrogens with two attached hydrogens (primary N) is 1. The zero-order valence-electron chi connectivity index (χ0n) is 13.2. The van der Waals surface area contributed by atoms with Crippen molar-refractivity contribution in [2.45, 2.75) is 45.8 Å². The molecular formula is C19H25NO. The zero-order valence-corrected chi connectivity index (χ0v) is 13.2. The molecular weight excluding hydrogens is 258 g/mol. The molecule has 0 heterocycles. The molecule has 0 radical (unpaired) electrons. The van der Waals surface area contributed by atoms with Crippen molar-refractivity contribution in [2.75, 3.05) is 0 Å². The quantitative estimate of drug-likeness (QED) is 0.852. The summed E-state index contributed by atoms with van der Waals surface area (Å²) in [7, 11) is 0. The molecule has 2 nitrogen and oxygen atoms in total. The van der Waals surface area contributed by atoms with Crippen LogP contribution in [0.2, 0.25) is 0 Å².